The Morgan fingerprint density at radius 1 is 1.38 bits per heavy atom. The van der Waals surface area contributed by atoms with Crippen LogP contribution in [0.3, 0.4) is 0 Å². The Hall–Kier alpha value is -1.01. The van der Waals surface area contributed by atoms with Crippen LogP contribution < -0.4 is 5.32 Å². The van der Waals surface area contributed by atoms with Crippen molar-refractivity contribution in [2.24, 2.45) is 0 Å². The van der Waals surface area contributed by atoms with Crippen molar-refractivity contribution < 1.29 is 14.4 Å². The van der Waals surface area contributed by atoms with Crippen LogP contribution in [0.4, 0.5) is 0 Å². The van der Waals surface area contributed by atoms with Crippen molar-refractivity contribution >= 4 is 17.7 Å². The quantitative estimate of drug-likeness (QED) is 0.816. The number of carbonyl (C=O) groups is 1. The van der Waals surface area contributed by atoms with Crippen molar-refractivity contribution in [3.05, 3.63) is 17.0 Å². The van der Waals surface area contributed by atoms with E-state index in [0.29, 0.717) is 5.75 Å². The smallest absolute Gasteiger partial charge is 0.230 e. The number of aromatic nitrogens is 1. The van der Waals surface area contributed by atoms with E-state index in [9.17, 15) is 9.90 Å². The number of aryl methyl sites for hydroxylation is 2. The third-order valence-electron chi connectivity index (χ3n) is 3.99. The summed E-state index contributed by atoms with van der Waals surface area (Å²) in [7, 11) is 0. The maximum absolute atomic E-state index is 12.0. The van der Waals surface area contributed by atoms with Crippen molar-refractivity contribution in [2.45, 2.75) is 63.9 Å². The minimum absolute atomic E-state index is 0.00212. The number of rotatable bonds is 5. The zero-order valence-electron chi connectivity index (χ0n) is 12.7. The fraction of sp³-hybridized carbons (Fsp3) is 0.733. The summed E-state index contributed by atoms with van der Waals surface area (Å²) in [4.78, 5) is 12.0. The highest BCUT2D eigenvalue weighted by Crippen LogP contribution is 2.20. The van der Waals surface area contributed by atoms with Crippen LogP contribution in [0.5, 0.6) is 0 Å². The average molecular weight is 312 g/mol. The molecule has 118 valence electrons. The van der Waals surface area contributed by atoms with Gasteiger partial charge >= 0.3 is 0 Å². The first-order chi connectivity index (χ1) is 10.1. The van der Waals surface area contributed by atoms with E-state index in [1.165, 1.54) is 0 Å². The summed E-state index contributed by atoms with van der Waals surface area (Å²) >= 11 is 1.55. The molecule has 0 radical (unpaired) electrons. The second-order valence-corrected chi connectivity index (χ2v) is 6.66. The number of aliphatic hydroxyl groups is 1. The lowest BCUT2D eigenvalue weighted by molar-refractivity contribution is -0.120. The molecule has 5 nitrogen and oxygen atoms in total. The number of thioether (sulfide) groups is 1. The van der Waals surface area contributed by atoms with Gasteiger partial charge in [-0.15, -0.1) is 11.8 Å². The Labute approximate surface area is 129 Å². The number of hydrogen-bond donors (Lipinski definition) is 2. The first kappa shape index (κ1) is 16.4. The fourth-order valence-corrected chi connectivity index (χ4v) is 3.65. The van der Waals surface area contributed by atoms with Gasteiger partial charge in [0, 0.05) is 11.3 Å². The van der Waals surface area contributed by atoms with E-state index >= 15 is 0 Å². The maximum Gasteiger partial charge on any atom is 0.230 e. The molecule has 1 saturated carbocycles. The summed E-state index contributed by atoms with van der Waals surface area (Å²) in [5, 5.41) is 16.9. The molecule has 1 aromatic heterocycles. The molecule has 0 aliphatic heterocycles. The second kappa shape index (κ2) is 7.84. The molecule has 0 spiro atoms. The Kier molecular flexibility index (Phi) is 6.11. The molecule has 2 N–H and O–H groups in total. The number of hydrogen-bond acceptors (Lipinski definition) is 5. The number of nitrogens with zero attached hydrogens (tertiary/aromatic N) is 1. The van der Waals surface area contributed by atoms with Crippen molar-refractivity contribution in [1.82, 2.24) is 10.5 Å². The first-order valence-electron chi connectivity index (χ1n) is 7.55. The van der Waals surface area contributed by atoms with Gasteiger partial charge in [0.15, 0.2) is 0 Å². The monoisotopic (exact) mass is 312 g/mol. The Morgan fingerprint density at radius 2 is 2.14 bits per heavy atom. The number of aliphatic hydroxyl groups excluding tert-OH is 1. The molecule has 21 heavy (non-hydrogen) atoms. The Bertz CT molecular complexity index is 456. The van der Waals surface area contributed by atoms with Crippen molar-refractivity contribution in [2.75, 3.05) is 5.75 Å². The van der Waals surface area contributed by atoms with E-state index < -0.39 is 6.10 Å². The molecule has 2 unspecified atom stereocenters. The van der Waals surface area contributed by atoms with Crippen LogP contribution in [0, 0.1) is 13.8 Å². The normalized spacial score (nSPS) is 22.8. The highest BCUT2D eigenvalue weighted by Gasteiger charge is 2.23. The van der Waals surface area contributed by atoms with Gasteiger partial charge in [-0.2, -0.15) is 0 Å². The summed E-state index contributed by atoms with van der Waals surface area (Å²) < 4.78 is 5.11. The lowest BCUT2D eigenvalue weighted by atomic mass is 10.1. The van der Waals surface area contributed by atoms with Gasteiger partial charge in [-0.3, -0.25) is 4.79 Å². The molecular formula is C15H24N2O3S. The van der Waals surface area contributed by atoms with Crippen LogP contribution in [0.25, 0.3) is 0 Å². The summed E-state index contributed by atoms with van der Waals surface area (Å²) in [5.41, 5.74) is 1.96. The molecule has 0 aromatic carbocycles. The van der Waals surface area contributed by atoms with Crippen molar-refractivity contribution in [1.29, 1.82) is 0 Å². The molecule has 1 heterocycles. The number of amides is 1. The van der Waals surface area contributed by atoms with E-state index in [1.54, 1.807) is 11.8 Å². The molecule has 0 bridgehead atoms. The first-order valence-corrected chi connectivity index (χ1v) is 8.70. The van der Waals surface area contributed by atoms with E-state index in [4.69, 9.17) is 4.52 Å². The third-order valence-corrected chi connectivity index (χ3v) is 4.95. The van der Waals surface area contributed by atoms with Crippen LogP contribution in [-0.4, -0.2) is 34.1 Å². The fourth-order valence-electron chi connectivity index (χ4n) is 2.66. The zero-order chi connectivity index (χ0) is 15.2. The predicted molar refractivity (Wildman–Crippen MR) is 83.2 cm³/mol. The van der Waals surface area contributed by atoms with E-state index in [1.807, 2.05) is 13.8 Å². The van der Waals surface area contributed by atoms with Crippen LogP contribution >= 0.6 is 11.8 Å². The standard InChI is InChI=1S/C15H24N2O3S/c1-10-12(11(2)20-17-10)8-21-9-15(19)16-13-6-4-3-5-7-14(13)18/h13-14,18H,3-9H2,1-2H3,(H,16,19). The van der Waals surface area contributed by atoms with Crippen LogP contribution in [-0.2, 0) is 10.5 Å². The molecule has 2 atom stereocenters. The molecular weight excluding hydrogens is 288 g/mol. The van der Waals surface area contributed by atoms with Gasteiger partial charge in [-0.05, 0) is 26.7 Å². The summed E-state index contributed by atoms with van der Waals surface area (Å²) in [6, 6.07) is -0.0836. The Morgan fingerprint density at radius 3 is 2.86 bits per heavy atom. The average Bonchev–Trinajstić information content (AvgIpc) is 2.64. The van der Waals surface area contributed by atoms with E-state index in [0.717, 1.165) is 54.9 Å². The molecule has 1 amide bonds. The number of carbonyl (C=O) groups excluding carboxylic acids is 1. The molecule has 1 aliphatic rings. The molecule has 2 rings (SSSR count). The maximum atomic E-state index is 12.0. The second-order valence-electron chi connectivity index (χ2n) is 5.67. The van der Waals surface area contributed by atoms with E-state index in [2.05, 4.69) is 10.5 Å². The van der Waals surface area contributed by atoms with Gasteiger partial charge in [0.25, 0.3) is 0 Å². The molecule has 0 saturated heterocycles. The van der Waals surface area contributed by atoms with Gasteiger partial charge in [-0.25, -0.2) is 0 Å². The Balaban J connectivity index is 1.74. The van der Waals surface area contributed by atoms with Gasteiger partial charge in [0.05, 0.1) is 23.6 Å². The molecule has 1 fully saturated rings. The molecule has 6 heteroatoms. The van der Waals surface area contributed by atoms with Crippen LogP contribution in [0.15, 0.2) is 4.52 Å². The molecule has 1 aliphatic carbocycles. The minimum Gasteiger partial charge on any atom is -0.391 e. The minimum atomic E-state index is -0.399. The van der Waals surface area contributed by atoms with Crippen LogP contribution in [0.2, 0.25) is 0 Å². The third kappa shape index (κ3) is 4.74. The SMILES string of the molecule is Cc1noc(C)c1CSCC(=O)NC1CCCCCC1O. The van der Waals surface area contributed by atoms with E-state index in [-0.39, 0.29) is 11.9 Å². The van der Waals surface area contributed by atoms with Gasteiger partial charge in [-0.1, -0.05) is 24.4 Å². The lowest BCUT2D eigenvalue weighted by Crippen LogP contribution is -2.43. The van der Waals surface area contributed by atoms with Gasteiger partial charge < -0.3 is 14.9 Å². The summed E-state index contributed by atoms with van der Waals surface area (Å²) in [6.45, 7) is 3.80. The molecule has 1 aromatic rings. The van der Waals surface area contributed by atoms with Gasteiger partial charge in [0.2, 0.25) is 5.91 Å². The topological polar surface area (TPSA) is 75.4 Å². The van der Waals surface area contributed by atoms with Crippen LogP contribution in [0.1, 0.15) is 49.1 Å². The van der Waals surface area contributed by atoms with Gasteiger partial charge in [0.1, 0.15) is 5.76 Å². The zero-order valence-corrected chi connectivity index (χ0v) is 13.5. The van der Waals surface area contributed by atoms with Crippen molar-refractivity contribution in [3.8, 4) is 0 Å². The highest BCUT2D eigenvalue weighted by atomic mass is 32.2. The largest absolute Gasteiger partial charge is 0.391 e. The summed E-state index contributed by atoms with van der Waals surface area (Å²) in [5.74, 6) is 1.94. The number of nitrogens with one attached hydrogen (secondary N) is 1. The predicted octanol–water partition coefficient (Wildman–Crippen LogP) is 2.33. The summed E-state index contributed by atoms with van der Waals surface area (Å²) in [6.07, 6.45) is 4.54. The lowest BCUT2D eigenvalue weighted by Gasteiger charge is -2.21. The highest BCUT2D eigenvalue weighted by molar-refractivity contribution is 7.99. The van der Waals surface area contributed by atoms with Crippen molar-refractivity contribution in [3.63, 3.8) is 0 Å².